The van der Waals surface area contributed by atoms with Crippen LogP contribution in [0.3, 0.4) is 0 Å². The number of aromatic nitrogens is 1. The quantitative estimate of drug-likeness (QED) is 0.162. The predicted molar refractivity (Wildman–Crippen MR) is 219 cm³/mol. The second kappa shape index (κ2) is 18.7. The number of carbonyl (C=O) groups is 3. The molecular weight excluding hydrogens is 735 g/mol. The Hall–Kier alpha value is -4.36. The summed E-state index contributed by atoms with van der Waals surface area (Å²) in [7, 11) is 4.88. The van der Waals surface area contributed by atoms with Crippen molar-refractivity contribution in [1.29, 1.82) is 0 Å². The molecule has 3 aromatic rings. The number of anilines is 1. The van der Waals surface area contributed by atoms with Gasteiger partial charge in [-0.15, -0.1) is 0 Å². The number of benzene rings is 2. The number of likely N-dealkylation sites (N-methyl/N-ethyl adjacent to an activating group) is 1. The monoisotopic (exact) mass is 790 g/mol. The lowest BCUT2D eigenvalue weighted by Crippen LogP contribution is -2.51. The Kier molecular flexibility index (Phi) is 14.3. The molecule has 0 radical (unpaired) electrons. The molecule has 2 aliphatic heterocycles. The Balaban J connectivity index is 0.00000113. The number of nitrogens with one attached hydrogen (secondary N) is 3. The normalized spacial score (nSPS) is 19.8. The molecule has 2 aromatic carbocycles. The Bertz CT molecular complexity index is 1970. The van der Waals surface area contributed by atoms with Crippen LogP contribution in [-0.2, 0) is 25.5 Å². The minimum Gasteiger partial charge on any atom is -0.481 e. The number of hydrogen-bond donors (Lipinski definition) is 3. The lowest BCUT2D eigenvalue weighted by atomic mass is 9.93. The van der Waals surface area contributed by atoms with Gasteiger partial charge in [0.1, 0.15) is 11.4 Å². The van der Waals surface area contributed by atoms with Gasteiger partial charge >= 0.3 is 0 Å². The average molecular weight is 791 g/mol. The summed E-state index contributed by atoms with van der Waals surface area (Å²) in [4.78, 5) is 45.9. The molecule has 3 N–H and O–H groups in total. The van der Waals surface area contributed by atoms with Gasteiger partial charge in [-0.3, -0.25) is 24.3 Å². The third-order valence-electron chi connectivity index (χ3n) is 11.3. The summed E-state index contributed by atoms with van der Waals surface area (Å²) < 4.78 is 26.3. The molecule has 56 heavy (non-hydrogen) atoms. The average Bonchev–Trinajstić information content (AvgIpc) is 3.82. The van der Waals surface area contributed by atoms with Crippen molar-refractivity contribution in [1.82, 2.24) is 25.6 Å². The first kappa shape index (κ1) is 42.8. The summed E-state index contributed by atoms with van der Waals surface area (Å²) in [5.74, 6) is -0.919. The zero-order valence-electron chi connectivity index (χ0n) is 33.9. The Morgan fingerprint density at radius 1 is 1.16 bits per heavy atom. The molecule has 13 heteroatoms. The highest BCUT2D eigenvalue weighted by Crippen LogP contribution is 2.47. The molecule has 3 aliphatic rings. The molecule has 0 spiro atoms. The maximum atomic E-state index is 15.7. The van der Waals surface area contributed by atoms with Crippen molar-refractivity contribution >= 4 is 35.0 Å². The van der Waals surface area contributed by atoms with Crippen LogP contribution in [0, 0.1) is 18.7 Å². The summed E-state index contributed by atoms with van der Waals surface area (Å²) in [5.41, 5.74) is 7.61. The second-order valence-electron chi connectivity index (χ2n) is 14.9. The fourth-order valence-electron chi connectivity index (χ4n) is 7.71. The largest absolute Gasteiger partial charge is 0.481 e. The topological polar surface area (TPSA) is 125 Å². The van der Waals surface area contributed by atoms with Crippen molar-refractivity contribution in [2.45, 2.75) is 84.7 Å². The molecule has 6 rings (SSSR count). The summed E-state index contributed by atoms with van der Waals surface area (Å²) in [5, 5.41) is 7.65. The zero-order chi connectivity index (χ0) is 40.7. The van der Waals surface area contributed by atoms with Gasteiger partial charge in [0.05, 0.1) is 23.4 Å². The fraction of sp³-hybridized carbons (Fsp3) is 0.488. The van der Waals surface area contributed by atoms with Gasteiger partial charge in [0.2, 0.25) is 11.8 Å². The van der Waals surface area contributed by atoms with Gasteiger partial charge in [-0.1, -0.05) is 57.5 Å². The van der Waals surface area contributed by atoms with E-state index in [9.17, 15) is 14.4 Å². The second-order valence-corrected chi connectivity index (χ2v) is 15.2. The third-order valence-corrected chi connectivity index (χ3v) is 11.7. The lowest BCUT2D eigenvalue weighted by Gasteiger charge is -2.32. The number of hydrogen-bond acceptors (Lipinski definition) is 8. The van der Waals surface area contributed by atoms with Gasteiger partial charge in [-0.05, 0) is 86.4 Å². The van der Waals surface area contributed by atoms with Crippen molar-refractivity contribution in [3.63, 3.8) is 0 Å². The van der Waals surface area contributed by atoms with Crippen molar-refractivity contribution < 1.29 is 28.2 Å². The van der Waals surface area contributed by atoms with E-state index in [1.54, 1.807) is 52.5 Å². The number of pyridine rings is 1. The molecular formula is C43H56ClFN6O5. The van der Waals surface area contributed by atoms with Crippen molar-refractivity contribution in [2.75, 3.05) is 52.8 Å². The molecule has 3 amide bonds. The zero-order valence-corrected chi connectivity index (χ0v) is 34.7. The van der Waals surface area contributed by atoms with Crippen LogP contribution < -0.4 is 20.8 Å². The van der Waals surface area contributed by atoms with Gasteiger partial charge in [-0.2, -0.15) is 0 Å². The number of rotatable bonds is 12. The lowest BCUT2D eigenvalue weighted by molar-refractivity contribution is -0.131. The molecule has 1 fully saturated rings. The van der Waals surface area contributed by atoms with E-state index < -0.39 is 17.6 Å². The standard InChI is InChI=1S/C39H46ClFN6O4.C4H10O/c1-7-22(3)35(48)45-39(8-2)17-19-47(21-39)31-15-12-24-20-30(44-37(51-6)32(24)31)26-13-14-28(41)33(34(26)40)25-10-9-11-29(23(25)4)43-36(49)27-16-18-42-46(5)38(27)50;1-3-4-5-2/h9-11,13-14,16,20,22,31,42H,7-8,12,15,17-19,21H2,1-6H3,(H,43,49)(H,45,48);3-4H2,1-2H3. The van der Waals surface area contributed by atoms with Gasteiger partial charge in [0.15, 0.2) is 0 Å². The highest BCUT2D eigenvalue weighted by molar-refractivity contribution is 6.36. The van der Waals surface area contributed by atoms with Crippen LogP contribution in [0.25, 0.3) is 22.4 Å². The Morgan fingerprint density at radius 2 is 1.93 bits per heavy atom. The number of hydrazine groups is 1. The molecule has 11 nitrogen and oxygen atoms in total. The molecule has 0 saturated carbocycles. The van der Waals surface area contributed by atoms with Gasteiger partial charge < -0.3 is 20.1 Å². The molecule has 3 heterocycles. The van der Waals surface area contributed by atoms with Crippen LogP contribution in [0.5, 0.6) is 5.88 Å². The van der Waals surface area contributed by atoms with Crippen LogP contribution in [0.2, 0.25) is 5.02 Å². The van der Waals surface area contributed by atoms with Crippen molar-refractivity contribution in [3.8, 4) is 28.3 Å². The number of aryl methyl sites for hydroxylation is 1. The maximum absolute atomic E-state index is 15.7. The SMILES string of the molecule is CCC(C)C(=O)NC1(CC)CCN(C2CCc3cc(-c4ccc(F)c(-c5cccc(NC(=O)C6=CCNN(C)C6=O)c5C)c4Cl)nc(OC)c32)C1.CCCOC. The fourth-order valence-corrected chi connectivity index (χ4v) is 8.06. The number of halogens is 2. The number of carbonyl (C=O) groups excluding carboxylic acids is 3. The molecule has 3 unspecified atom stereocenters. The van der Waals surface area contributed by atoms with E-state index >= 15 is 4.39 Å². The number of nitrogens with zero attached hydrogens (tertiary/aromatic N) is 3. The van der Waals surface area contributed by atoms with Gasteiger partial charge in [-0.25, -0.2) is 14.8 Å². The first-order chi connectivity index (χ1) is 26.8. The summed E-state index contributed by atoms with van der Waals surface area (Å²) in [6.07, 6.45) is 6.91. The number of likely N-dealkylation sites (tertiary alicyclic amines) is 1. The van der Waals surface area contributed by atoms with E-state index in [4.69, 9.17) is 26.1 Å². The van der Waals surface area contributed by atoms with Gasteiger partial charge in [0, 0.05) is 74.7 Å². The minimum absolute atomic E-state index is 0.0222. The molecule has 1 aromatic heterocycles. The summed E-state index contributed by atoms with van der Waals surface area (Å²) in [6, 6.07) is 10.3. The maximum Gasteiger partial charge on any atom is 0.273 e. The molecule has 302 valence electrons. The van der Waals surface area contributed by atoms with E-state index in [1.165, 1.54) is 17.2 Å². The van der Waals surface area contributed by atoms with E-state index in [0.717, 1.165) is 69.3 Å². The van der Waals surface area contributed by atoms with Crippen molar-refractivity contribution in [2.24, 2.45) is 5.92 Å². The summed E-state index contributed by atoms with van der Waals surface area (Å²) >= 11 is 7.05. The number of fused-ring (bicyclic) bond motifs is 1. The molecule has 0 bridgehead atoms. The van der Waals surface area contributed by atoms with Crippen LogP contribution >= 0.6 is 11.6 Å². The smallest absolute Gasteiger partial charge is 0.273 e. The first-order valence-corrected chi connectivity index (χ1v) is 19.9. The number of amides is 3. The van der Waals surface area contributed by atoms with E-state index in [2.05, 4.69) is 34.8 Å². The van der Waals surface area contributed by atoms with E-state index in [0.29, 0.717) is 40.5 Å². The highest BCUT2D eigenvalue weighted by Gasteiger charge is 2.43. The van der Waals surface area contributed by atoms with Crippen LogP contribution in [0.1, 0.15) is 82.5 Å². The van der Waals surface area contributed by atoms with E-state index in [1.807, 2.05) is 19.9 Å². The van der Waals surface area contributed by atoms with Gasteiger partial charge in [0.25, 0.3) is 11.8 Å². The van der Waals surface area contributed by atoms with E-state index in [-0.39, 0.29) is 39.6 Å². The van der Waals surface area contributed by atoms with Crippen LogP contribution in [0.4, 0.5) is 10.1 Å². The summed E-state index contributed by atoms with van der Waals surface area (Å²) in [6.45, 7) is 12.9. The predicted octanol–water partition coefficient (Wildman–Crippen LogP) is 7.41. The Morgan fingerprint density at radius 3 is 2.59 bits per heavy atom. The minimum atomic E-state index is -0.549. The highest BCUT2D eigenvalue weighted by atomic mass is 35.5. The number of methoxy groups -OCH3 is 2. The van der Waals surface area contributed by atoms with Crippen molar-refractivity contribution in [3.05, 3.63) is 75.6 Å². The third kappa shape index (κ3) is 8.94. The van der Waals surface area contributed by atoms with Crippen LogP contribution in [-0.4, -0.2) is 85.7 Å². The Labute approximate surface area is 335 Å². The number of ether oxygens (including phenoxy) is 2. The first-order valence-electron chi connectivity index (χ1n) is 19.6. The molecule has 1 aliphatic carbocycles. The molecule has 1 saturated heterocycles. The van der Waals surface area contributed by atoms with Crippen LogP contribution in [0.15, 0.2) is 48.0 Å². The molecule has 3 atom stereocenters.